The van der Waals surface area contributed by atoms with Crippen molar-refractivity contribution in [1.29, 1.82) is 0 Å². The lowest BCUT2D eigenvalue weighted by atomic mass is 10.3. The largest absolute Gasteiger partial charge is 0.448 e. The van der Waals surface area contributed by atoms with E-state index in [1.54, 1.807) is 38.1 Å². The molecule has 0 radical (unpaired) electrons. The Hall–Kier alpha value is -2.34. The third-order valence-corrected chi connectivity index (χ3v) is 2.99. The Morgan fingerprint density at radius 3 is 2.95 bits per heavy atom. The van der Waals surface area contributed by atoms with Crippen LogP contribution in [-0.2, 0) is 4.74 Å². The Bertz CT molecular complexity index is 746. The molecule has 7 heteroatoms. The highest BCUT2D eigenvalue weighted by Crippen LogP contribution is 2.13. The second-order valence-corrected chi connectivity index (χ2v) is 4.66. The average Bonchev–Trinajstić information content (AvgIpc) is 2.72. The summed E-state index contributed by atoms with van der Waals surface area (Å²) >= 11 is 5.91. The monoisotopic (exact) mass is 307 g/mol. The second kappa shape index (κ2) is 6.41. The van der Waals surface area contributed by atoms with Crippen LogP contribution in [0.3, 0.4) is 0 Å². The Labute approximate surface area is 126 Å². The van der Waals surface area contributed by atoms with E-state index in [1.165, 1.54) is 10.9 Å². The van der Waals surface area contributed by atoms with Crippen molar-refractivity contribution in [1.82, 2.24) is 9.78 Å². The molecule has 1 N–H and O–H groups in total. The first kappa shape index (κ1) is 15.1. The Balaban J connectivity index is 2.39. The van der Waals surface area contributed by atoms with Gasteiger partial charge in [0.25, 0.3) is 5.56 Å². The smallest absolute Gasteiger partial charge is 0.433 e. The summed E-state index contributed by atoms with van der Waals surface area (Å²) in [7, 11) is 0. The second-order valence-electron chi connectivity index (χ2n) is 4.23. The Morgan fingerprint density at radius 1 is 1.52 bits per heavy atom. The van der Waals surface area contributed by atoms with Crippen molar-refractivity contribution >= 4 is 23.9 Å². The molecule has 1 aromatic heterocycles. The molecule has 1 aromatic carbocycles. The summed E-state index contributed by atoms with van der Waals surface area (Å²) in [5, 5.41) is 3.44. The van der Waals surface area contributed by atoms with Gasteiger partial charge in [-0.05, 0) is 32.0 Å². The van der Waals surface area contributed by atoms with E-state index in [2.05, 4.69) is 14.8 Å². The summed E-state index contributed by atoms with van der Waals surface area (Å²) in [6.07, 6.45) is 0.472. The summed E-state index contributed by atoms with van der Waals surface area (Å²) in [5.74, 6) is 0. The maximum atomic E-state index is 12.3. The van der Waals surface area contributed by atoms with E-state index in [-0.39, 0.29) is 12.2 Å². The number of hydrogen-bond donors (Lipinski definition) is 1. The number of ether oxygens (including phenoxy) is 1. The maximum absolute atomic E-state index is 12.3. The molecule has 0 saturated carbocycles. The van der Waals surface area contributed by atoms with Crippen LogP contribution in [0, 0.1) is 6.92 Å². The minimum Gasteiger partial charge on any atom is -0.448 e. The van der Waals surface area contributed by atoms with Gasteiger partial charge in [0.1, 0.15) is 0 Å². The van der Waals surface area contributed by atoms with Crippen LogP contribution in [0.15, 0.2) is 34.1 Å². The van der Waals surface area contributed by atoms with Crippen LogP contribution in [-0.4, -0.2) is 28.7 Å². The number of H-pyrrole nitrogens is 1. The van der Waals surface area contributed by atoms with Crippen molar-refractivity contribution in [3.05, 3.63) is 50.9 Å². The van der Waals surface area contributed by atoms with Crippen molar-refractivity contribution in [2.75, 3.05) is 6.61 Å². The van der Waals surface area contributed by atoms with Crippen LogP contribution in [0.4, 0.5) is 4.79 Å². The van der Waals surface area contributed by atoms with Crippen LogP contribution in [0.1, 0.15) is 18.2 Å². The number of halogens is 1. The molecule has 0 atom stereocenters. The van der Waals surface area contributed by atoms with E-state index < -0.39 is 6.09 Å². The summed E-state index contributed by atoms with van der Waals surface area (Å²) < 4.78 is 6.02. The fraction of sp³-hybridized carbons (Fsp3) is 0.214. The number of aryl methyl sites for hydroxylation is 1. The van der Waals surface area contributed by atoms with E-state index in [0.717, 1.165) is 0 Å². The van der Waals surface area contributed by atoms with Gasteiger partial charge in [-0.25, -0.2) is 9.48 Å². The van der Waals surface area contributed by atoms with Gasteiger partial charge in [0, 0.05) is 16.9 Å². The molecule has 6 nitrogen and oxygen atoms in total. The van der Waals surface area contributed by atoms with Gasteiger partial charge < -0.3 is 4.74 Å². The number of aromatic amines is 1. The molecule has 1 amide bonds. The highest BCUT2D eigenvalue weighted by atomic mass is 35.5. The highest BCUT2D eigenvalue weighted by Gasteiger charge is 2.11. The third kappa shape index (κ3) is 3.41. The number of rotatable bonds is 3. The van der Waals surface area contributed by atoms with E-state index in [1.807, 2.05) is 0 Å². The van der Waals surface area contributed by atoms with Crippen LogP contribution >= 0.6 is 11.6 Å². The van der Waals surface area contributed by atoms with Crippen LogP contribution < -0.4 is 5.56 Å². The number of carbonyl (C=O) groups excluding carboxylic acids is 1. The average molecular weight is 308 g/mol. The van der Waals surface area contributed by atoms with Crippen LogP contribution in [0.2, 0.25) is 5.02 Å². The van der Waals surface area contributed by atoms with Gasteiger partial charge in [-0.15, -0.1) is 0 Å². The molecule has 0 aliphatic carbocycles. The molecule has 0 saturated heterocycles. The fourth-order valence-electron chi connectivity index (χ4n) is 1.79. The zero-order chi connectivity index (χ0) is 15.4. The Morgan fingerprint density at radius 2 is 2.29 bits per heavy atom. The van der Waals surface area contributed by atoms with Crippen molar-refractivity contribution in [3.8, 4) is 5.69 Å². The first-order valence-corrected chi connectivity index (χ1v) is 6.69. The molecule has 0 fully saturated rings. The molecule has 0 unspecified atom stereocenters. The first-order chi connectivity index (χ1) is 10.0. The molecular weight excluding hydrogens is 294 g/mol. The molecule has 0 aliphatic rings. The molecule has 0 aliphatic heterocycles. The number of nitrogens with zero attached hydrogens (tertiary/aromatic N) is 2. The van der Waals surface area contributed by atoms with Crippen molar-refractivity contribution in [2.45, 2.75) is 13.8 Å². The predicted octanol–water partition coefficient (Wildman–Crippen LogP) is 2.70. The molecule has 0 spiro atoms. The van der Waals surface area contributed by atoms with Gasteiger partial charge in [0.15, 0.2) is 0 Å². The van der Waals surface area contributed by atoms with Gasteiger partial charge >= 0.3 is 6.09 Å². The van der Waals surface area contributed by atoms with E-state index in [0.29, 0.717) is 22.0 Å². The van der Waals surface area contributed by atoms with E-state index in [9.17, 15) is 9.59 Å². The number of amides is 1. The summed E-state index contributed by atoms with van der Waals surface area (Å²) in [5.41, 5.74) is 1.17. The standard InChI is InChI=1S/C14H14ClN3O3/c1-3-21-14(20)16-8-12-9(2)17-18(13(12)19)11-6-4-5-10(15)7-11/h4-8,17H,3H2,1-2H3/b16-8-. The Kier molecular flexibility index (Phi) is 4.59. The van der Waals surface area contributed by atoms with Crippen molar-refractivity contribution in [2.24, 2.45) is 4.99 Å². The number of hydrogen-bond acceptors (Lipinski definition) is 3. The number of aromatic nitrogens is 2. The van der Waals surface area contributed by atoms with Gasteiger partial charge in [-0.3, -0.25) is 9.89 Å². The molecule has 2 aromatic rings. The maximum Gasteiger partial charge on any atom is 0.433 e. The lowest BCUT2D eigenvalue weighted by Crippen LogP contribution is -2.17. The van der Waals surface area contributed by atoms with Crippen molar-refractivity contribution in [3.63, 3.8) is 0 Å². The van der Waals surface area contributed by atoms with Gasteiger partial charge in [-0.1, -0.05) is 17.7 Å². The summed E-state index contributed by atoms with van der Waals surface area (Å²) in [4.78, 5) is 27.1. The SMILES string of the molecule is CCOC(=O)/N=C\c1c(C)[nH]n(-c2cccc(Cl)c2)c1=O. The number of nitrogens with one attached hydrogen (secondary N) is 1. The van der Waals surface area contributed by atoms with E-state index >= 15 is 0 Å². The zero-order valence-electron chi connectivity index (χ0n) is 11.6. The number of aliphatic imine (C=N–C) groups is 1. The topological polar surface area (TPSA) is 76.4 Å². The van der Waals surface area contributed by atoms with Gasteiger partial charge in [0.05, 0.1) is 17.9 Å². The normalized spacial score (nSPS) is 11.0. The van der Waals surface area contributed by atoms with E-state index in [4.69, 9.17) is 11.6 Å². The van der Waals surface area contributed by atoms with Crippen molar-refractivity contribution < 1.29 is 9.53 Å². The van der Waals surface area contributed by atoms with Crippen LogP contribution in [0.25, 0.3) is 5.69 Å². The van der Waals surface area contributed by atoms with Gasteiger partial charge in [-0.2, -0.15) is 4.99 Å². The lowest BCUT2D eigenvalue weighted by molar-refractivity contribution is 0.163. The molecule has 21 heavy (non-hydrogen) atoms. The molecule has 2 rings (SSSR count). The molecule has 0 bridgehead atoms. The summed E-state index contributed by atoms with van der Waals surface area (Å²) in [6.45, 7) is 3.63. The highest BCUT2D eigenvalue weighted by molar-refractivity contribution is 6.30. The third-order valence-electron chi connectivity index (χ3n) is 2.75. The molecular formula is C14H14ClN3O3. The molecule has 110 valence electrons. The number of benzene rings is 1. The van der Waals surface area contributed by atoms with Gasteiger partial charge in [0.2, 0.25) is 0 Å². The summed E-state index contributed by atoms with van der Waals surface area (Å²) in [6, 6.07) is 6.86. The minimum absolute atomic E-state index is 0.231. The fourth-order valence-corrected chi connectivity index (χ4v) is 1.97. The lowest BCUT2D eigenvalue weighted by Gasteiger charge is -2.01. The predicted molar refractivity (Wildman–Crippen MR) is 80.8 cm³/mol. The quantitative estimate of drug-likeness (QED) is 0.886. The first-order valence-electron chi connectivity index (χ1n) is 6.31. The zero-order valence-corrected chi connectivity index (χ0v) is 12.3. The number of carbonyl (C=O) groups is 1. The van der Waals surface area contributed by atoms with Crippen LogP contribution in [0.5, 0.6) is 0 Å². The minimum atomic E-state index is -0.730. The molecule has 1 heterocycles.